The molecule has 0 saturated heterocycles. The summed E-state index contributed by atoms with van der Waals surface area (Å²) in [5, 5.41) is 3.26. The molecule has 2 heteroatoms. The van der Waals surface area contributed by atoms with Crippen LogP contribution in [0.1, 0.15) is 20.3 Å². The summed E-state index contributed by atoms with van der Waals surface area (Å²) in [7, 11) is 0. The number of hydrogen-bond acceptors (Lipinski definition) is 2. The van der Waals surface area contributed by atoms with Crippen LogP contribution in [-0.4, -0.2) is 19.1 Å². The Labute approximate surface area is 51.5 Å². The Balaban J connectivity index is 3.07. The molecule has 2 nitrogen and oxygen atoms in total. The molecular formula is C6H16N2. The highest BCUT2D eigenvalue weighted by molar-refractivity contribution is 4.62. The minimum Gasteiger partial charge on any atom is -0.329 e. The number of rotatable bonds is 4. The van der Waals surface area contributed by atoms with Gasteiger partial charge in [-0.15, -0.1) is 0 Å². The van der Waals surface area contributed by atoms with Crippen LogP contribution in [-0.2, 0) is 0 Å². The fourth-order valence-corrected chi connectivity index (χ4v) is 0.683. The van der Waals surface area contributed by atoms with Gasteiger partial charge in [-0.05, 0) is 13.0 Å². The molecule has 1 atom stereocenters. The summed E-state index contributed by atoms with van der Waals surface area (Å²) in [5.41, 5.74) is 5.41. The number of likely N-dealkylation sites (N-methyl/N-ethyl adjacent to an activating group) is 1. The Bertz CT molecular complexity index is 41.8. The molecule has 0 bridgehead atoms. The summed E-state index contributed by atoms with van der Waals surface area (Å²) in [4.78, 5) is 0. The summed E-state index contributed by atoms with van der Waals surface area (Å²) < 4.78 is 0. The molecule has 50 valence electrons. The van der Waals surface area contributed by atoms with E-state index >= 15 is 0 Å². The van der Waals surface area contributed by atoms with Crippen molar-refractivity contribution < 1.29 is 0 Å². The Morgan fingerprint density at radius 2 is 2.12 bits per heavy atom. The van der Waals surface area contributed by atoms with Crippen molar-refractivity contribution in [3.63, 3.8) is 0 Å². The van der Waals surface area contributed by atoms with E-state index in [0.29, 0.717) is 6.04 Å². The second-order valence-corrected chi connectivity index (χ2v) is 1.90. The highest BCUT2D eigenvalue weighted by Gasteiger charge is 1.97. The van der Waals surface area contributed by atoms with Crippen LogP contribution in [0.2, 0.25) is 0 Å². The van der Waals surface area contributed by atoms with Gasteiger partial charge < -0.3 is 11.1 Å². The Kier molecular flexibility index (Phi) is 5.01. The van der Waals surface area contributed by atoms with E-state index in [9.17, 15) is 0 Å². The lowest BCUT2D eigenvalue weighted by Gasteiger charge is -2.11. The van der Waals surface area contributed by atoms with Gasteiger partial charge in [-0.2, -0.15) is 0 Å². The normalized spacial score (nSPS) is 13.9. The van der Waals surface area contributed by atoms with Crippen molar-refractivity contribution in [1.82, 2.24) is 5.32 Å². The molecule has 0 rings (SSSR count). The molecular weight excluding hydrogens is 100 g/mol. The van der Waals surface area contributed by atoms with Crippen LogP contribution in [0, 0.1) is 0 Å². The average Bonchev–Trinajstić information content (AvgIpc) is 1.83. The second kappa shape index (κ2) is 5.06. The molecule has 0 fully saturated rings. The molecule has 0 amide bonds. The highest BCUT2D eigenvalue weighted by Crippen LogP contribution is 1.84. The zero-order valence-electron chi connectivity index (χ0n) is 5.78. The van der Waals surface area contributed by atoms with Crippen molar-refractivity contribution in [1.29, 1.82) is 0 Å². The second-order valence-electron chi connectivity index (χ2n) is 1.90. The van der Waals surface area contributed by atoms with Crippen LogP contribution in [0.15, 0.2) is 0 Å². The molecule has 0 aromatic heterocycles. The van der Waals surface area contributed by atoms with Crippen LogP contribution in [0.4, 0.5) is 0 Å². The molecule has 8 heavy (non-hydrogen) atoms. The van der Waals surface area contributed by atoms with E-state index in [1.807, 2.05) is 0 Å². The summed E-state index contributed by atoms with van der Waals surface area (Å²) in [6, 6.07) is 0.528. The van der Waals surface area contributed by atoms with Gasteiger partial charge in [0, 0.05) is 12.6 Å². The van der Waals surface area contributed by atoms with Gasteiger partial charge >= 0.3 is 0 Å². The van der Waals surface area contributed by atoms with Crippen molar-refractivity contribution >= 4 is 0 Å². The number of nitrogens with one attached hydrogen (secondary N) is 1. The van der Waals surface area contributed by atoms with E-state index in [0.717, 1.165) is 19.5 Å². The third-order valence-electron chi connectivity index (χ3n) is 1.27. The Morgan fingerprint density at radius 3 is 2.25 bits per heavy atom. The van der Waals surface area contributed by atoms with E-state index in [1.54, 1.807) is 0 Å². The molecule has 0 unspecified atom stereocenters. The molecule has 0 aliphatic heterocycles. The minimum atomic E-state index is 0.528. The summed E-state index contributed by atoms with van der Waals surface area (Å²) >= 11 is 0. The SMILES string of the molecule is CCN[C@H](CC)CN. The third-order valence-corrected chi connectivity index (χ3v) is 1.27. The van der Waals surface area contributed by atoms with Crippen molar-refractivity contribution in [2.75, 3.05) is 13.1 Å². The maximum Gasteiger partial charge on any atom is 0.0187 e. The number of hydrogen-bond donors (Lipinski definition) is 2. The van der Waals surface area contributed by atoms with Crippen LogP contribution >= 0.6 is 0 Å². The molecule has 0 aliphatic rings. The van der Waals surface area contributed by atoms with Crippen molar-refractivity contribution in [3.8, 4) is 0 Å². The van der Waals surface area contributed by atoms with Gasteiger partial charge in [0.25, 0.3) is 0 Å². The molecule has 0 aromatic rings. The van der Waals surface area contributed by atoms with E-state index in [2.05, 4.69) is 19.2 Å². The van der Waals surface area contributed by atoms with Crippen LogP contribution in [0.5, 0.6) is 0 Å². The van der Waals surface area contributed by atoms with E-state index < -0.39 is 0 Å². The van der Waals surface area contributed by atoms with Gasteiger partial charge in [-0.25, -0.2) is 0 Å². The quantitative estimate of drug-likeness (QED) is 0.555. The van der Waals surface area contributed by atoms with Gasteiger partial charge in [-0.3, -0.25) is 0 Å². The van der Waals surface area contributed by atoms with E-state index in [4.69, 9.17) is 5.73 Å². The first-order valence-electron chi connectivity index (χ1n) is 3.28. The minimum absolute atomic E-state index is 0.528. The molecule has 0 spiro atoms. The fraction of sp³-hybridized carbons (Fsp3) is 1.00. The van der Waals surface area contributed by atoms with Crippen molar-refractivity contribution in [3.05, 3.63) is 0 Å². The summed E-state index contributed by atoms with van der Waals surface area (Å²) in [5.74, 6) is 0. The van der Waals surface area contributed by atoms with Crippen molar-refractivity contribution in [2.45, 2.75) is 26.3 Å². The predicted molar refractivity (Wildman–Crippen MR) is 36.8 cm³/mol. The van der Waals surface area contributed by atoms with Gasteiger partial charge in [0.15, 0.2) is 0 Å². The largest absolute Gasteiger partial charge is 0.329 e. The first-order valence-corrected chi connectivity index (χ1v) is 3.28. The average molecular weight is 116 g/mol. The zero-order valence-corrected chi connectivity index (χ0v) is 5.78. The molecule has 0 heterocycles. The first-order chi connectivity index (χ1) is 3.85. The first kappa shape index (κ1) is 7.92. The van der Waals surface area contributed by atoms with E-state index in [1.165, 1.54) is 0 Å². The molecule has 0 aliphatic carbocycles. The standard InChI is InChI=1S/C6H16N2/c1-3-6(5-7)8-4-2/h6,8H,3-5,7H2,1-2H3/t6-/m1/s1. The van der Waals surface area contributed by atoms with Crippen LogP contribution in [0.3, 0.4) is 0 Å². The lowest BCUT2D eigenvalue weighted by atomic mass is 10.2. The summed E-state index contributed by atoms with van der Waals surface area (Å²) in [6.07, 6.45) is 1.13. The van der Waals surface area contributed by atoms with Crippen LogP contribution in [0.25, 0.3) is 0 Å². The Hall–Kier alpha value is -0.0800. The van der Waals surface area contributed by atoms with Gasteiger partial charge in [0.2, 0.25) is 0 Å². The zero-order chi connectivity index (χ0) is 6.41. The topological polar surface area (TPSA) is 38.0 Å². The fourth-order valence-electron chi connectivity index (χ4n) is 0.683. The highest BCUT2D eigenvalue weighted by atomic mass is 14.9. The lowest BCUT2D eigenvalue weighted by molar-refractivity contribution is 0.521. The monoisotopic (exact) mass is 116 g/mol. The molecule has 0 aromatic carbocycles. The smallest absolute Gasteiger partial charge is 0.0187 e. The third kappa shape index (κ3) is 2.99. The van der Waals surface area contributed by atoms with Gasteiger partial charge in [0.05, 0.1) is 0 Å². The number of nitrogens with two attached hydrogens (primary N) is 1. The van der Waals surface area contributed by atoms with Crippen LogP contribution < -0.4 is 11.1 Å². The van der Waals surface area contributed by atoms with Gasteiger partial charge in [-0.1, -0.05) is 13.8 Å². The van der Waals surface area contributed by atoms with Crippen molar-refractivity contribution in [2.24, 2.45) is 5.73 Å². The van der Waals surface area contributed by atoms with E-state index in [-0.39, 0.29) is 0 Å². The predicted octanol–water partition coefficient (Wildman–Crippen LogP) is 0.333. The lowest BCUT2D eigenvalue weighted by Crippen LogP contribution is -2.34. The van der Waals surface area contributed by atoms with Gasteiger partial charge in [0.1, 0.15) is 0 Å². The summed E-state index contributed by atoms with van der Waals surface area (Å²) in [6.45, 7) is 6.01. The maximum atomic E-state index is 5.41. The Morgan fingerprint density at radius 1 is 1.50 bits per heavy atom. The maximum absolute atomic E-state index is 5.41. The molecule has 0 radical (unpaired) electrons. The molecule has 0 saturated carbocycles. The molecule has 3 N–H and O–H groups in total.